The number of carbonyl (C=O) groups excluding carboxylic acids is 4. The molecule has 2 aliphatic rings. The molecule has 0 bridgehead atoms. The number of fused-ring (bicyclic) bond motifs is 1. The van der Waals surface area contributed by atoms with Crippen LogP contribution in [0.2, 0.25) is 20.1 Å². The molecule has 0 spiro atoms. The number of hydrogen-bond acceptors (Lipinski definition) is 5. The van der Waals surface area contributed by atoms with Crippen molar-refractivity contribution in [2.75, 3.05) is 16.3 Å². The third-order valence-electron chi connectivity index (χ3n) is 6.19. The van der Waals surface area contributed by atoms with E-state index >= 15 is 0 Å². The Morgan fingerprint density at radius 1 is 0.838 bits per heavy atom. The van der Waals surface area contributed by atoms with Crippen LogP contribution >= 0.6 is 46.4 Å². The van der Waals surface area contributed by atoms with Gasteiger partial charge in [-0.05, 0) is 48.9 Å². The summed E-state index contributed by atoms with van der Waals surface area (Å²) in [6.07, 6.45) is 0.0343. The first-order valence-electron chi connectivity index (χ1n) is 11.0. The van der Waals surface area contributed by atoms with Gasteiger partial charge in [-0.3, -0.25) is 19.2 Å². The maximum atomic E-state index is 13.0. The highest BCUT2D eigenvalue weighted by molar-refractivity contribution is 6.56. The van der Waals surface area contributed by atoms with Crippen molar-refractivity contribution < 1.29 is 23.9 Å². The predicted molar refractivity (Wildman–Crippen MR) is 141 cm³/mol. The summed E-state index contributed by atoms with van der Waals surface area (Å²) < 4.78 is 5.47. The molecule has 37 heavy (non-hydrogen) atoms. The summed E-state index contributed by atoms with van der Waals surface area (Å²) in [6.45, 7) is 2.13. The van der Waals surface area contributed by atoms with Gasteiger partial charge in [-0.25, -0.2) is 4.90 Å². The second kappa shape index (κ2) is 9.65. The molecule has 0 aliphatic carbocycles. The lowest BCUT2D eigenvalue weighted by Crippen LogP contribution is -2.29. The van der Waals surface area contributed by atoms with Crippen molar-refractivity contribution in [2.24, 2.45) is 5.92 Å². The second-order valence-electron chi connectivity index (χ2n) is 8.61. The normalized spacial score (nSPS) is 17.0. The zero-order chi connectivity index (χ0) is 26.6. The van der Waals surface area contributed by atoms with Gasteiger partial charge < -0.3 is 9.64 Å². The van der Waals surface area contributed by atoms with E-state index in [1.54, 1.807) is 4.90 Å². The fraction of sp³-hybridized carbons (Fsp3) is 0.154. The van der Waals surface area contributed by atoms with Crippen molar-refractivity contribution in [3.8, 4) is 5.75 Å². The van der Waals surface area contributed by atoms with Crippen LogP contribution in [-0.2, 0) is 9.59 Å². The second-order valence-corrected chi connectivity index (χ2v) is 10.1. The summed E-state index contributed by atoms with van der Waals surface area (Å²) in [4.78, 5) is 53.8. The van der Waals surface area contributed by atoms with E-state index in [-0.39, 0.29) is 61.5 Å². The van der Waals surface area contributed by atoms with Gasteiger partial charge in [0.2, 0.25) is 5.91 Å². The van der Waals surface area contributed by atoms with E-state index in [0.717, 1.165) is 16.2 Å². The first kappa shape index (κ1) is 25.5. The Labute approximate surface area is 231 Å². The smallest absolute Gasteiger partial charge is 0.316 e. The number of amides is 3. The van der Waals surface area contributed by atoms with Crippen molar-refractivity contribution in [3.63, 3.8) is 0 Å². The fourth-order valence-corrected chi connectivity index (χ4v) is 5.37. The third kappa shape index (κ3) is 4.36. The minimum absolute atomic E-state index is 0.0343. The average Bonchev–Trinajstić information content (AvgIpc) is 3.39. The van der Waals surface area contributed by atoms with Gasteiger partial charge in [0, 0.05) is 18.7 Å². The minimum atomic E-state index is -0.712. The molecule has 0 N–H and O–H groups in total. The van der Waals surface area contributed by atoms with Crippen molar-refractivity contribution in [1.29, 1.82) is 0 Å². The van der Waals surface area contributed by atoms with E-state index in [1.807, 2.05) is 31.2 Å². The molecule has 188 valence electrons. The maximum Gasteiger partial charge on any atom is 0.316 e. The van der Waals surface area contributed by atoms with E-state index < -0.39 is 23.7 Å². The van der Waals surface area contributed by atoms with Crippen LogP contribution in [0.3, 0.4) is 0 Å². The predicted octanol–water partition coefficient (Wildman–Crippen LogP) is 6.37. The van der Waals surface area contributed by atoms with E-state index in [4.69, 9.17) is 51.1 Å². The number of benzene rings is 3. The summed E-state index contributed by atoms with van der Waals surface area (Å²) >= 11 is 24.5. The minimum Gasteiger partial charge on any atom is -0.426 e. The van der Waals surface area contributed by atoms with Crippen LogP contribution in [0.5, 0.6) is 5.75 Å². The highest BCUT2D eigenvalue weighted by atomic mass is 35.5. The molecule has 0 aromatic heterocycles. The quantitative estimate of drug-likeness (QED) is 0.118. The molecule has 1 atom stereocenters. The molecule has 7 nitrogen and oxygen atoms in total. The number of aryl methyl sites for hydroxylation is 1. The number of anilines is 2. The molecule has 0 unspecified atom stereocenters. The average molecular weight is 578 g/mol. The van der Waals surface area contributed by atoms with Crippen LogP contribution in [0.15, 0.2) is 48.5 Å². The standard InChI is InChI=1S/C26H16Cl4N2O5/c1-12-3-2-4-15(9-12)31-11-13(10-17(31)33)26(36)37-16-7-5-14(6-8-16)32-24(34)18-19(25(32)35)21(28)23(30)22(29)20(18)27/h2-9,13H,10-11H2,1H3/t13-/m1/s1. The zero-order valence-corrected chi connectivity index (χ0v) is 22.1. The van der Waals surface area contributed by atoms with E-state index in [9.17, 15) is 19.2 Å². The third-order valence-corrected chi connectivity index (χ3v) is 7.99. The summed E-state index contributed by atoms with van der Waals surface area (Å²) in [5.74, 6) is -2.59. The SMILES string of the molecule is Cc1cccc(N2C[C@H](C(=O)Oc3ccc(N4C(=O)c5c(Cl)c(Cl)c(Cl)c(Cl)c5C4=O)cc3)CC2=O)c1. The Balaban J connectivity index is 1.31. The van der Waals surface area contributed by atoms with E-state index in [0.29, 0.717) is 0 Å². The van der Waals surface area contributed by atoms with Crippen LogP contribution in [0.1, 0.15) is 32.7 Å². The van der Waals surface area contributed by atoms with Crippen LogP contribution < -0.4 is 14.5 Å². The number of rotatable bonds is 4. The number of carbonyl (C=O) groups is 4. The van der Waals surface area contributed by atoms with Gasteiger partial charge in [-0.15, -0.1) is 0 Å². The largest absolute Gasteiger partial charge is 0.426 e. The van der Waals surface area contributed by atoms with Gasteiger partial charge in [0.05, 0.1) is 42.8 Å². The summed E-state index contributed by atoms with van der Waals surface area (Å²) in [6, 6.07) is 13.2. The zero-order valence-electron chi connectivity index (χ0n) is 19.1. The summed E-state index contributed by atoms with van der Waals surface area (Å²) in [5, 5.41) is -0.570. The first-order chi connectivity index (χ1) is 17.6. The van der Waals surface area contributed by atoms with Gasteiger partial charge in [0.1, 0.15) is 5.75 Å². The van der Waals surface area contributed by atoms with Gasteiger partial charge >= 0.3 is 5.97 Å². The Bertz CT molecular complexity index is 1460. The molecule has 1 saturated heterocycles. The maximum absolute atomic E-state index is 13.0. The van der Waals surface area contributed by atoms with Gasteiger partial charge in [0.25, 0.3) is 11.8 Å². The molecule has 5 rings (SSSR count). The lowest BCUT2D eigenvalue weighted by molar-refractivity contribution is -0.139. The number of ether oxygens (including phenoxy) is 1. The number of nitrogens with zero attached hydrogens (tertiary/aromatic N) is 2. The number of imide groups is 1. The Morgan fingerprint density at radius 3 is 2.00 bits per heavy atom. The highest BCUT2D eigenvalue weighted by Crippen LogP contribution is 2.45. The van der Waals surface area contributed by atoms with Gasteiger partial charge in [-0.2, -0.15) is 0 Å². The van der Waals surface area contributed by atoms with Crippen molar-refractivity contribution in [2.45, 2.75) is 13.3 Å². The van der Waals surface area contributed by atoms with Crippen molar-refractivity contribution >= 4 is 81.5 Å². The molecular weight excluding hydrogens is 562 g/mol. The van der Waals surface area contributed by atoms with Crippen molar-refractivity contribution in [1.82, 2.24) is 0 Å². The molecule has 11 heteroatoms. The fourth-order valence-electron chi connectivity index (χ4n) is 4.36. The monoisotopic (exact) mass is 576 g/mol. The molecular formula is C26H16Cl4N2O5. The van der Waals surface area contributed by atoms with Crippen molar-refractivity contribution in [3.05, 3.63) is 85.3 Å². The molecule has 2 heterocycles. The lowest BCUT2D eigenvalue weighted by atomic mass is 10.1. The molecule has 3 aromatic rings. The first-order valence-corrected chi connectivity index (χ1v) is 12.5. The van der Waals surface area contributed by atoms with Gasteiger partial charge in [-0.1, -0.05) is 58.5 Å². The van der Waals surface area contributed by atoms with E-state index in [1.165, 1.54) is 24.3 Å². The van der Waals surface area contributed by atoms with Crippen LogP contribution in [0.25, 0.3) is 0 Å². The number of esters is 1. The topological polar surface area (TPSA) is 84.0 Å². The molecule has 0 radical (unpaired) electrons. The Hall–Kier alpha value is -3.10. The van der Waals surface area contributed by atoms with Crippen LogP contribution in [0.4, 0.5) is 11.4 Å². The molecule has 3 aromatic carbocycles. The van der Waals surface area contributed by atoms with E-state index in [2.05, 4.69) is 0 Å². The summed E-state index contributed by atoms with van der Waals surface area (Å²) in [7, 11) is 0. The molecule has 0 saturated carbocycles. The molecule has 2 aliphatic heterocycles. The van der Waals surface area contributed by atoms with Crippen LogP contribution in [-0.4, -0.2) is 30.2 Å². The lowest BCUT2D eigenvalue weighted by Gasteiger charge is -2.17. The Kier molecular flexibility index (Phi) is 6.66. The highest BCUT2D eigenvalue weighted by Gasteiger charge is 2.42. The molecule has 1 fully saturated rings. The van der Waals surface area contributed by atoms with Gasteiger partial charge in [0.15, 0.2) is 0 Å². The number of halogens is 4. The van der Waals surface area contributed by atoms with Crippen LogP contribution in [0, 0.1) is 12.8 Å². The number of hydrogen-bond donors (Lipinski definition) is 0. The summed E-state index contributed by atoms with van der Waals surface area (Å²) in [5.41, 5.74) is 1.67. The molecule has 3 amide bonds. The Morgan fingerprint density at radius 2 is 1.43 bits per heavy atom.